The van der Waals surface area contributed by atoms with Gasteiger partial charge in [-0.3, -0.25) is 0 Å². The molecule has 3 aromatic rings. The van der Waals surface area contributed by atoms with Crippen LogP contribution in [0.3, 0.4) is 0 Å². The molecule has 1 aromatic heterocycles. The lowest BCUT2D eigenvalue weighted by Crippen LogP contribution is -2.44. The molecule has 1 aliphatic rings. The molecule has 0 amide bonds. The van der Waals surface area contributed by atoms with Gasteiger partial charge < -0.3 is 30.3 Å². The van der Waals surface area contributed by atoms with E-state index in [9.17, 15) is 9.50 Å². The van der Waals surface area contributed by atoms with E-state index in [1.807, 2.05) is 13.0 Å². The molecule has 1 atom stereocenters. The Hall–Kier alpha value is -2.95. The van der Waals surface area contributed by atoms with E-state index in [2.05, 4.69) is 59.4 Å². The molecular weight excluding hydrogens is 527 g/mol. The summed E-state index contributed by atoms with van der Waals surface area (Å²) >= 11 is 3.48. The molecule has 0 radical (unpaired) electrons. The number of aliphatic hydroxyl groups is 1. The first-order chi connectivity index (χ1) is 17.2. The summed E-state index contributed by atoms with van der Waals surface area (Å²) in [5.41, 5.74) is 4.26. The lowest BCUT2D eigenvalue weighted by atomic mass is 10.1. The van der Waals surface area contributed by atoms with Crippen LogP contribution in [0, 0.1) is 12.7 Å². The van der Waals surface area contributed by atoms with Crippen LogP contribution in [0.1, 0.15) is 18.1 Å². The zero-order valence-corrected chi connectivity index (χ0v) is 22.6. The third kappa shape index (κ3) is 6.24. The van der Waals surface area contributed by atoms with Crippen LogP contribution in [0.5, 0.6) is 5.75 Å². The van der Waals surface area contributed by atoms with Gasteiger partial charge in [0.05, 0.1) is 23.4 Å². The number of ether oxygens (including phenoxy) is 1. The maximum absolute atomic E-state index is 14.0. The summed E-state index contributed by atoms with van der Waals surface area (Å²) in [6.45, 7) is 7.64. The molecule has 36 heavy (non-hydrogen) atoms. The molecule has 2 heterocycles. The molecule has 1 unspecified atom stereocenters. The maximum Gasteiger partial charge on any atom is 0.229 e. The molecule has 8 nitrogen and oxygen atoms in total. The highest BCUT2D eigenvalue weighted by Crippen LogP contribution is 2.36. The van der Waals surface area contributed by atoms with Crippen molar-refractivity contribution < 1.29 is 14.2 Å². The van der Waals surface area contributed by atoms with Crippen molar-refractivity contribution in [1.29, 1.82) is 0 Å². The molecule has 1 saturated heterocycles. The van der Waals surface area contributed by atoms with Crippen LogP contribution in [-0.4, -0.2) is 66.4 Å². The number of piperazine rings is 1. The number of likely N-dealkylation sites (N-methyl/N-ethyl adjacent to an activating group) is 1. The van der Waals surface area contributed by atoms with Crippen molar-refractivity contribution in [3.8, 4) is 5.75 Å². The topological polar surface area (TPSA) is 85.8 Å². The molecule has 0 spiro atoms. The summed E-state index contributed by atoms with van der Waals surface area (Å²) in [6.07, 6.45) is 1.46. The number of aliphatic hydroxyl groups excluding tert-OH is 1. The van der Waals surface area contributed by atoms with Crippen molar-refractivity contribution in [3.63, 3.8) is 0 Å². The van der Waals surface area contributed by atoms with Gasteiger partial charge in [0.15, 0.2) is 0 Å². The Morgan fingerprint density at radius 2 is 1.89 bits per heavy atom. The standard InChI is InChI=1S/C26H32BrFN6O2/c1-16-11-23(34-9-7-33(3)8-10-34)24(36-4)14-21(16)31-26-29-15-20(27)25(32-26)30-22-13-19(28)6-5-18(22)12-17(2)35/h5-6,11,13-15,17,35H,7-10,12H2,1-4H3,(H2,29,30,31,32). The van der Waals surface area contributed by atoms with Crippen LogP contribution in [0.25, 0.3) is 0 Å². The predicted octanol–water partition coefficient (Wildman–Crippen LogP) is 4.86. The molecule has 1 fully saturated rings. The molecule has 0 aliphatic carbocycles. The van der Waals surface area contributed by atoms with Crippen LogP contribution >= 0.6 is 15.9 Å². The number of anilines is 5. The summed E-state index contributed by atoms with van der Waals surface area (Å²) in [5.74, 6) is 1.26. The van der Waals surface area contributed by atoms with Crippen LogP contribution < -0.4 is 20.3 Å². The molecular formula is C26H32BrFN6O2. The van der Waals surface area contributed by atoms with Crippen molar-refractivity contribution in [2.75, 3.05) is 55.9 Å². The fourth-order valence-electron chi connectivity index (χ4n) is 4.19. The van der Waals surface area contributed by atoms with E-state index in [1.54, 1.807) is 26.3 Å². The van der Waals surface area contributed by atoms with Gasteiger partial charge in [0.2, 0.25) is 5.95 Å². The molecule has 0 bridgehead atoms. The zero-order valence-electron chi connectivity index (χ0n) is 21.0. The molecule has 0 saturated carbocycles. The number of aryl methyl sites for hydroxylation is 1. The minimum absolute atomic E-state index is 0.376. The SMILES string of the molecule is COc1cc(Nc2ncc(Br)c(Nc3cc(F)ccc3CC(C)O)n2)c(C)cc1N1CCN(C)CC1. The van der Waals surface area contributed by atoms with Crippen molar-refractivity contribution in [1.82, 2.24) is 14.9 Å². The highest BCUT2D eigenvalue weighted by atomic mass is 79.9. The number of halogens is 2. The highest BCUT2D eigenvalue weighted by Gasteiger charge is 2.20. The molecule has 2 aromatic carbocycles. The molecule has 10 heteroatoms. The van der Waals surface area contributed by atoms with Gasteiger partial charge >= 0.3 is 0 Å². The first kappa shape index (κ1) is 26.1. The zero-order chi connectivity index (χ0) is 25.8. The fraction of sp³-hybridized carbons (Fsp3) is 0.385. The molecule has 1 aliphatic heterocycles. The molecule has 4 rings (SSSR count). The van der Waals surface area contributed by atoms with Gasteiger partial charge in [-0.2, -0.15) is 4.98 Å². The van der Waals surface area contributed by atoms with Crippen molar-refractivity contribution in [2.24, 2.45) is 0 Å². The highest BCUT2D eigenvalue weighted by molar-refractivity contribution is 9.10. The number of hydrogen-bond donors (Lipinski definition) is 3. The average molecular weight is 559 g/mol. The second-order valence-electron chi connectivity index (χ2n) is 9.12. The third-order valence-corrected chi connectivity index (χ3v) is 6.78. The van der Waals surface area contributed by atoms with Crippen LogP contribution in [0.15, 0.2) is 41.0 Å². The molecule has 3 N–H and O–H groups in total. The Kier molecular flexibility index (Phi) is 8.28. The summed E-state index contributed by atoms with van der Waals surface area (Å²) in [4.78, 5) is 13.7. The summed E-state index contributed by atoms with van der Waals surface area (Å²) in [6, 6.07) is 8.53. The number of hydrogen-bond acceptors (Lipinski definition) is 8. The Bertz CT molecular complexity index is 1220. The Morgan fingerprint density at radius 3 is 2.58 bits per heavy atom. The Morgan fingerprint density at radius 1 is 1.14 bits per heavy atom. The Labute approximate surface area is 219 Å². The van der Waals surface area contributed by atoms with Crippen LogP contribution in [-0.2, 0) is 6.42 Å². The summed E-state index contributed by atoms with van der Waals surface area (Å²) < 4.78 is 20.3. The van der Waals surface area contributed by atoms with Gasteiger partial charge in [0.1, 0.15) is 17.4 Å². The molecule has 192 valence electrons. The number of nitrogens with one attached hydrogen (secondary N) is 2. The third-order valence-electron chi connectivity index (χ3n) is 6.20. The van der Waals surface area contributed by atoms with E-state index in [-0.39, 0.29) is 5.82 Å². The largest absolute Gasteiger partial charge is 0.495 e. The number of methoxy groups -OCH3 is 1. The van der Waals surface area contributed by atoms with Gasteiger partial charge in [-0.15, -0.1) is 0 Å². The first-order valence-electron chi connectivity index (χ1n) is 11.9. The van der Waals surface area contributed by atoms with Gasteiger partial charge in [0.25, 0.3) is 0 Å². The number of rotatable bonds is 8. The van der Waals surface area contributed by atoms with Gasteiger partial charge in [-0.1, -0.05) is 6.07 Å². The lowest BCUT2D eigenvalue weighted by molar-refractivity contribution is 0.195. The lowest BCUT2D eigenvalue weighted by Gasteiger charge is -2.35. The fourth-order valence-corrected chi connectivity index (χ4v) is 4.48. The van der Waals surface area contributed by atoms with Crippen molar-refractivity contribution >= 4 is 44.8 Å². The normalized spacial score (nSPS) is 15.0. The van der Waals surface area contributed by atoms with E-state index in [0.717, 1.165) is 54.4 Å². The second-order valence-corrected chi connectivity index (χ2v) is 9.98. The van der Waals surface area contributed by atoms with Crippen molar-refractivity contribution in [3.05, 3.63) is 57.9 Å². The maximum atomic E-state index is 14.0. The first-order valence-corrected chi connectivity index (χ1v) is 12.7. The van der Waals surface area contributed by atoms with Crippen molar-refractivity contribution in [2.45, 2.75) is 26.4 Å². The van der Waals surface area contributed by atoms with Crippen LogP contribution in [0.2, 0.25) is 0 Å². The second kappa shape index (κ2) is 11.4. The van der Waals surface area contributed by atoms with Crippen LogP contribution in [0.4, 0.5) is 33.2 Å². The monoisotopic (exact) mass is 558 g/mol. The van der Waals surface area contributed by atoms with E-state index in [0.29, 0.717) is 28.3 Å². The van der Waals surface area contributed by atoms with Gasteiger partial charge in [-0.05, 0) is 66.2 Å². The number of nitrogens with zero attached hydrogens (tertiary/aromatic N) is 4. The average Bonchev–Trinajstić information content (AvgIpc) is 2.84. The van der Waals surface area contributed by atoms with Gasteiger partial charge in [0, 0.05) is 56.2 Å². The van der Waals surface area contributed by atoms with E-state index in [4.69, 9.17) is 4.74 Å². The summed E-state index contributed by atoms with van der Waals surface area (Å²) in [7, 11) is 3.81. The van der Waals surface area contributed by atoms with E-state index >= 15 is 0 Å². The van der Waals surface area contributed by atoms with Gasteiger partial charge in [-0.25, -0.2) is 9.37 Å². The van der Waals surface area contributed by atoms with E-state index in [1.165, 1.54) is 12.1 Å². The Balaban J connectivity index is 1.59. The van der Waals surface area contributed by atoms with E-state index < -0.39 is 6.10 Å². The number of aromatic nitrogens is 2. The quantitative estimate of drug-likeness (QED) is 0.361. The predicted molar refractivity (Wildman–Crippen MR) is 146 cm³/mol. The minimum Gasteiger partial charge on any atom is -0.495 e. The summed E-state index contributed by atoms with van der Waals surface area (Å²) in [5, 5.41) is 16.3. The number of benzene rings is 2. The minimum atomic E-state index is -0.561. The smallest absolute Gasteiger partial charge is 0.229 e.